The molecule has 0 radical (unpaired) electrons. The van der Waals surface area contributed by atoms with Crippen LogP contribution in [0, 0.1) is 0 Å². The molecule has 0 saturated carbocycles. The molecule has 2 heterocycles. The number of pyridine rings is 1. The summed E-state index contributed by atoms with van der Waals surface area (Å²) < 4.78 is 6.76. The van der Waals surface area contributed by atoms with Crippen molar-refractivity contribution in [3.05, 3.63) is 64.6 Å². The normalized spacial score (nSPS) is 10.6. The number of fused-ring (bicyclic) bond motifs is 1. The van der Waals surface area contributed by atoms with Gasteiger partial charge in [-0.25, -0.2) is 4.98 Å². The summed E-state index contributed by atoms with van der Waals surface area (Å²) in [5.41, 5.74) is 1.69. The standard InChI is InChI=1S/C16H15N3O2S/c1-21-13-8-5-9-19-15(13)18-14(12(10-22)16(19)20)17-11-6-3-2-4-7-11/h2-9,17,22H,10H2,1H3. The quantitative estimate of drug-likeness (QED) is 0.727. The molecule has 112 valence electrons. The summed E-state index contributed by atoms with van der Waals surface area (Å²) in [6.07, 6.45) is 1.67. The zero-order valence-electron chi connectivity index (χ0n) is 12.0. The molecule has 0 saturated heterocycles. The van der Waals surface area contributed by atoms with Crippen LogP contribution in [0.5, 0.6) is 5.75 Å². The SMILES string of the molecule is COc1cccn2c(=O)c(CS)c(Nc3ccccc3)nc12. The third-order valence-electron chi connectivity index (χ3n) is 3.33. The molecule has 0 atom stereocenters. The fourth-order valence-electron chi connectivity index (χ4n) is 2.24. The molecule has 1 aromatic carbocycles. The first-order valence-electron chi connectivity index (χ1n) is 6.75. The predicted molar refractivity (Wildman–Crippen MR) is 90.4 cm³/mol. The molecule has 2 aromatic heterocycles. The van der Waals surface area contributed by atoms with Gasteiger partial charge in [0.2, 0.25) is 0 Å². The molecule has 1 N–H and O–H groups in total. The van der Waals surface area contributed by atoms with Gasteiger partial charge in [-0.3, -0.25) is 9.20 Å². The van der Waals surface area contributed by atoms with Crippen LogP contribution in [0.4, 0.5) is 11.5 Å². The van der Waals surface area contributed by atoms with E-state index in [2.05, 4.69) is 22.9 Å². The minimum atomic E-state index is -0.155. The Hall–Kier alpha value is -2.47. The van der Waals surface area contributed by atoms with E-state index in [4.69, 9.17) is 4.74 Å². The molecular formula is C16H15N3O2S. The van der Waals surface area contributed by atoms with Gasteiger partial charge in [0.1, 0.15) is 5.82 Å². The van der Waals surface area contributed by atoms with Crippen LogP contribution in [0.15, 0.2) is 53.5 Å². The molecular weight excluding hydrogens is 298 g/mol. The first-order valence-corrected chi connectivity index (χ1v) is 7.39. The van der Waals surface area contributed by atoms with Crippen LogP contribution in [0.3, 0.4) is 0 Å². The van der Waals surface area contributed by atoms with Crippen molar-refractivity contribution in [2.24, 2.45) is 0 Å². The van der Waals surface area contributed by atoms with E-state index < -0.39 is 0 Å². The van der Waals surface area contributed by atoms with E-state index in [0.29, 0.717) is 28.5 Å². The average Bonchev–Trinajstić information content (AvgIpc) is 2.56. The Morgan fingerprint density at radius 3 is 2.68 bits per heavy atom. The molecule has 6 heteroatoms. The number of nitrogens with one attached hydrogen (secondary N) is 1. The molecule has 22 heavy (non-hydrogen) atoms. The third-order valence-corrected chi connectivity index (χ3v) is 3.64. The maximum Gasteiger partial charge on any atom is 0.264 e. The summed E-state index contributed by atoms with van der Waals surface area (Å²) in [5, 5.41) is 3.18. The van der Waals surface area contributed by atoms with Crippen molar-refractivity contribution in [2.45, 2.75) is 5.75 Å². The first-order chi connectivity index (χ1) is 10.7. The van der Waals surface area contributed by atoms with Crippen LogP contribution >= 0.6 is 12.6 Å². The number of hydrogen-bond acceptors (Lipinski definition) is 5. The second kappa shape index (κ2) is 6.11. The number of methoxy groups -OCH3 is 1. The summed E-state index contributed by atoms with van der Waals surface area (Å²) in [6, 6.07) is 13.1. The van der Waals surface area contributed by atoms with Crippen LogP contribution < -0.4 is 15.6 Å². The van der Waals surface area contributed by atoms with Crippen molar-refractivity contribution < 1.29 is 4.74 Å². The lowest BCUT2D eigenvalue weighted by Crippen LogP contribution is -2.21. The second-order valence-electron chi connectivity index (χ2n) is 4.66. The minimum Gasteiger partial charge on any atom is -0.493 e. The third kappa shape index (κ3) is 2.53. The average molecular weight is 313 g/mol. The van der Waals surface area contributed by atoms with E-state index in [0.717, 1.165) is 5.69 Å². The highest BCUT2D eigenvalue weighted by atomic mass is 32.1. The van der Waals surface area contributed by atoms with Crippen molar-refractivity contribution in [3.63, 3.8) is 0 Å². The van der Waals surface area contributed by atoms with Crippen molar-refractivity contribution >= 4 is 29.8 Å². The number of ether oxygens (including phenoxy) is 1. The van der Waals surface area contributed by atoms with Gasteiger partial charge in [0, 0.05) is 17.6 Å². The molecule has 0 aliphatic carbocycles. The van der Waals surface area contributed by atoms with Gasteiger partial charge in [-0.15, -0.1) is 0 Å². The number of thiol groups is 1. The highest BCUT2D eigenvalue weighted by Crippen LogP contribution is 2.22. The molecule has 0 unspecified atom stereocenters. The Kier molecular flexibility index (Phi) is 4.02. The molecule has 0 aliphatic rings. The lowest BCUT2D eigenvalue weighted by atomic mass is 10.2. The number of rotatable bonds is 4. The topological polar surface area (TPSA) is 55.6 Å². The van der Waals surface area contributed by atoms with Gasteiger partial charge >= 0.3 is 0 Å². The van der Waals surface area contributed by atoms with Gasteiger partial charge in [-0.05, 0) is 24.3 Å². The first kappa shape index (κ1) is 14.5. The number of anilines is 2. The Balaban J connectivity index is 2.22. The minimum absolute atomic E-state index is 0.155. The van der Waals surface area contributed by atoms with E-state index in [-0.39, 0.29) is 5.56 Å². The van der Waals surface area contributed by atoms with E-state index in [1.807, 2.05) is 30.3 Å². The van der Waals surface area contributed by atoms with E-state index in [1.54, 1.807) is 25.4 Å². The Labute approximate surface area is 133 Å². The number of nitrogens with zero attached hydrogens (tertiary/aromatic N) is 2. The molecule has 5 nitrogen and oxygen atoms in total. The van der Waals surface area contributed by atoms with Gasteiger partial charge in [0.25, 0.3) is 5.56 Å². The van der Waals surface area contributed by atoms with Gasteiger partial charge in [-0.1, -0.05) is 18.2 Å². The Morgan fingerprint density at radius 2 is 2.00 bits per heavy atom. The number of hydrogen-bond donors (Lipinski definition) is 2. The smallest absolute Gasteiger partial charge is 0.264 e. The summed E-state index contributed by atoms with van der Waals surface area (Å²) in [6.45, 7) is 0. The zero-order chi connectivity index (χ0) is 15.5. The van der Waals surface area contributed by atoms with Crippen LogP contribution in [0.2, 0.25) is 0 Å². The summed E-state index contributed by atoms with van der Waals surface area (Å²) in [5.74, 6) is 1.33. The lowest BCUT2D eigenvalue weighted by molar-refractivity contribution is 0.416. The summed E-state index contributed by atoms with van der Waals surface area (Å²) >= 11 is 4.27. The lowest BCUT2D eigenvalue weighted by Gasteiger charge is -2.13. The molecule has 0 fully saturated rings. The Bertz CT molecular complexity index is 862. The molecule has 0 amide bonds. The van der Waals surface area contributed by atoms with Crippen LogP contribution in [0.25, 0.3) is 5.65 Å². The molecule has 3 rings (SSSR count). The van der Waals surface area contributed by atoms with E-state index in [1.165, 1.54) is 4.40 Å². The number of aromatic nitrogens is 2. The van der Waals surface area contributed by atoms with Crippen molar-refractivity contribution in [1.29, 1.82) is 0 Å². The fraction of sp³-hybridized carbons (Fsp3) is 0.125. The number of benzene rings is 1. The van der Waals surface area contributed by atoms with Crippen LogP contribution in [-0.4, -0.2) is 16.5 Å². The molecule has 0 aliphatic heterocycles. The summed E-state index contributed by atoms with van der Waals surface area (Å²) in [4.78, 5) is 17.2. The highest BCUT2D eigenvalue weighted by Gasteiger charge is 2.14. The van der Waals surface area contributed by atoms with Crippen LogP contribution in [-0.2, 0) is 5.75 Å². The van der Waals surface area contributed by atoms with Crippen LogP contribution in [0.1, 0.15) is 5.56 Å². The van der Waals surface area contributed by atoms with E-state index in [9.17, 15) is 4.79 Å². The summed E-state index contributed by atoms with van der Waals surface area (Å²) in [7, 11) is 1.55. The van der Waals surface area contributed by atoms with Gasteiger partial charge in [0.05, 0.1) is 12.7 Å². The maximum atomic E-state index is 12.6. The largest absolute Gasteiger partial charge is 0.493 e. The molecule has 0 spiro atoms. The number of para-hydroxylation sites is 1. The van der Waals surface area contributed by atoms with E-state index >= 15 is 0 Å². The predicted octanol–water partition coefficient (Wildman–Crippen LogP) is 2.88. The molecule has 0 bridgehead atoms. The van der Waals surface area contributed by atoms with Gasteiger partial charge < -0.3 is 10.1 Å². The van der Waals surface area contributed by atoms with Crippen molar-refractivity contribution in [1.82, 2.24) is 9.38 Å². The second-order valence-corrected chi connectivity index (χ2v) is 4.98. The van der Waals surface area contributed by atoms with Gasteiger partial charge in [0.15, 0.2) is 11.4 Å². The van der Waals surface area contributed by atoms with Gasteiger partial charge in [-0.2, -0.15) is 12.6 Å². The zero-order valence-corrected chi connectivity index (χ0v) is 12.9. The fourth-order valence-corrected chi connectivity index (χ4v) is 2.52. The monoisotopic (exact) mass is 313 g/mol. The molecule has 3 aromatic rings. The van der Waals surface area contributed by atoms with Crippen molar-refractivity contribution in [3.8, 4) is 5.75 Å². The Morgan fingerprint density at radius 1 is 1.23 bits per heavy atom. The maximum absolute atomic E-state index is 12.6. The van der Waals surface area contributed by atoms with Crippen molar-refractivity contribution in [2.75, 3.05) is 12.4 Å². The highest BCUT2D eigenvalue weighted by molar-refractivity contribution is 7.79.